The molecule has 1 fully saturated rings. The number of methoxy groups -OCH3 is 1. The van der Waals surface area contributed by atoms with Crippen LogP contribution in [0, 0.1) is 0 Å². The summed E-state index contributed by atoms with van der Waals surface area (Å²) in [5, 5.41) is 3.42. The minimum Gasteiger partial charge on any atom is -0.465 e. The SMILES string of the molecule is COC(=O)c1sc2c(N[C@@H]3CCN(C)C[C@@H]3F)cccc2c1SC(F)(F)F. The highest BCUT2D eigenvalue weighted by Gasteiger charge is 2.35. The number of alkyl halides is 4. The Hall–Kier alpha value is -1.52. The summed E-state index contributed by atoms with van der Waals surface area (Å²) in [6.45, 7) is 1.02. The number of hydrogen-bond acceptors (Lipinski definition) is 6. The molecule has 1 aliphatic rings. The molecule has 1 aromatic heterocycles. The molecule has 3 rings (SSSR count). The van der Waals surface area contributed by atoms with Crippen LogP contribution in [-0.2, 0) is 4.74 Å². The van der Waals surface area contributed by atoms with Gasteiger partial charge in [0, 0.05) is 23.4 Å². The van der Waals surface area contributed by atoms with Crippen molar-refractivity contribution in [3.05, 3.63) is 23.1 Å². The maximum atomic E-state index is 14.3. The summed E-state index contributed by atoms with van der Waals surface area (Å²) in [7, 11) is 2.96. The molecule has 0 saturated carbocycles. The Morgan fingerprint density at radius 3 is 2.78 bits per heavy atom. The summed E-state index contributed by atoms with van der Waals surface area (Å²) in [5.41, 5.74) is -4.02. The highest BCUT2D eigenvalue weighted by Crippen LogP contribution is 2.47. The van der Waals surface area contributed by atoms with Crippen molar-refractivity contribution >= 4 is 44.8 Å². The Morgan fingerprint density at radius 2 is 2.15 bits per heavy atom. The number of likely N-dealkylation sites (tertiary alicyclic amines) is 1. The molecule has 0 amide bonds. The molecule has 1 saturated heterocycles. The van der Waals surface area contributed by atoms with Gasteiger partial charge in [-0.05, 0) is 31.3 Å². The van der Waals surface area contributed by atoms with Gasteiger partial charge in [-0.3, -0.25) is 0 Å². The lowest BCUT2D eigenvalue weighted by Crippen LogP contribution is -2.46. The first kappa shape index (κ1) is 20.2. The summed E-state index contributed by atoms with van der Waals surface area (Å²) in [4.78, 5) is 13.6. The number of benzene rings is 1. The molecular formula is C17H18F4N2O2S2. The second-order valence-corrected chi connectivity index (χ2v) is 8.40. The monoisotopic (exact) mass is 422 g/mol. The molecule has 2 atom stereocenters. The number of nitrogens with zero attached hydrogens (tertiary/aromatic N) is 1. The van der Waals surface area contributed by atoms with Crippen LogP contribution >= 0.6 is 23.1 Å². The average molecular weight is 422 g/mol. The van der Waals surface area contributed by atoms with Crippen molar-refractivity contribution in [2.24, 2.45) is 0 Å². The molecule has 0 aliphatic carbocycles. The van der Waals surface area contributed by atoms with Crippen LogP contribution in [0.2, 0.25) is 0 Å². The van der Waals surface area contributed by atoms with Crippen molar-refractivity contribution in [1.29, 1.82) is 0 Å². The lowest BCUT2D eigenvalue weighted by molar-refractivity contribution is -0.0327. The summed E-state index contributed by atoms with van der Waals surface area (Å²) in [6.07, 6.45) is -0.518. The van der Waals surface area contributed by atoms with Crippen molar-refractivity contribution in [2.75, 3.05) is 32.6 Å². The van der Waals surface area contributed by atoms with E-state index in [0.717, 1.165) is 25.0 Å². The third kappa shape index (κ3) is 4.49. The fourth-order valence-electron chi connectivity index (χ4n) is 3.07. The molecule has 27 heavy (non-hydrogen) atoms. The number of piperidine rings is 1. The number of carbonyl (C=O) groups excluding carboxylic acids is 1. The number of thiophene rings is 1. The number of nitrogens with one attached hydrogen (secondary N) is 1. The summed E-state index contributed by atoms with van der Waals surface area (Å²) in [5.74, 6) is -0.823. The molecule has 1 aromatic carbocycles. The highest BCUT2D eigenvalue weighted by atomic mass is 32.2. The van der Waals surface area contributed by atoms with Gasteiger partial charge in [0.1, 0.15) is 11.0 Å². The normalized spacial score (nSPS) is 21.4. The maximum Gasteiger partial charge on any atom is 0.446 e. The number of thioether (sulfide) groups is 1. The number of hydrogen-bond donors (Lipinski definition) is 1. The van der Waals surface area contributed by atoms with E-state index < -0.39 is 23.7 Å². The molecular weight excluding hydrogens is 404 g/mol. The first-order chi connectivity index (χ1) is 12.7. The first-order valence-electron chi connectivity index (χ1n) is 8.18. The summed E-state index contributed by atoms with van der Waals surface area (Å²) >= 11 is 0.587. The van der Waals surface area contributed by atoms with Crippen LogP contribution in [0.5, 0.6) is 0 Å². The second-order valence-electron chi connectivity index (χ2n) is 6.30. The van der Waals surface area contributed by atoms with E-state index in [1.165, 1.54) is 6.07 Å². The molecule has 0 bridgehead atoms. The van der Waals surface area contributed by atoms with Crippen LogP contribution in [-0.4, -0.2) is 55.8 Å². The van der Waals surface area contributed by atoms with E-state index in [1.807, 2.05) is 11.9 Å². The smallest absolute Gasteiger partial charge is 0.446 e. The van der Waals surface area contributed by atoms with Gasteiger partial charge in [0.15, 0.2) is 0 Å². The third-order valence-electron chi connectivity index (χ3n) is 4.34. The third-order valence-corrected chi connectivity index (χ3v) is 6.55. The Bertz CT molecular complexity index is 840. The number of halogens is 4. The zero-order chi connectivity index (χ0) is 19.8. The van der Waals surface area contributed by atoms with Gasteiger partial charge in [0.2, 0.25) is 0 Å². The molecule has 4 nitrogen and oxygen atoms in total. The maximum absolute atomic E-state index is 14.3. The fourth-order valence-corrected chi connectivity index (χ4v) is 5.17. The van der Waals surface area contributed by atoms with Gasteiger partial charge in [0.25, 0.3) is 0 Å². The van der Waals surface area contributed by atoms with Crippen LogP contribution in [0.3, 0.4) is 0 Å². The Kier molecular flexibility index (Phi) is 5.87. The standard InChI is InChI=1S/C17H18F4N2O2S2/c1-23-7-6-11(10(18)8-23)22-12-5-3-4-9-13(12)26-15(16(24)25-2)14(9)27-17(19,20)21/h3-5,10-11,22H,6-8H2,1-2H3/t10-,11+/m0/s1. The van der Waals surface area contributed by atoms with E-state index in [1.54, 1.807) is 12.1 Å². The second kappa shape index (κ2) is 7.84. The van der Waals surface area contributed by atoms with Crippen LogP contribution < -0.4 is 5.32 Å². The van der Waals surface area contributed by atoms with Crippen LogP contribution in [0.15, 0.2) is 23.1 Å². The zero-order valence-electron chi connectivity index (χ0n) is 14.6. The van der Waals surface area contributed by atoms with Crippen LogP contribution in [0.4, 0.5) is 23.2 Å². The molecule has 1 N–H and O–H groups in total. The van der Waals surface area contributed by atoms with Crippen molar-refractivity contribution in [3.63, 3.8) is 0 Å². The van der Waals surface area contributed by atoms with Gasteiger partial charge in [-0.2, -0.15) is 13.2 Å². The average Bonchev–Trinajstić information content (AvgIpc) is 2.94. The number of carbonyl (C=O) groups is 1. The number of esters is 1. The van der Waals surface area contributed by atoms with Gasteiger partial charge in [-0.15, -0.1) is 11.3 Å². The number of ether oxygens (including phenoxy) is 1. The Morgan fingerprint density at radius 1 is 1.41 bits per heavy atom. The van der Waals surface area contributed by atoms with E-state index in [-0.39, 0.29) is 21.5 Å². The largest absolute Gasteiger partial charge is 0.465 e. The molecule has 0 radical (unpaired) electrons. The molecule has 0 spiro atoms. The van der Waals surface area contributed by atoms with E-state index in [9.17, 15) is 22.4 Å². The summed E-state index contributed by atoms with van der Waals surface area (Å²) in [6, 6.07) is 4.38. The van der Waals surface area contributed by atoms with E-state index in [4.69, 9.17) is 0 Å². The van der Waals surface area contributed by atoms with E-state index in [0.29, 0.717) is 28.7 Å². The number of rotatable bonds is 4. The van der Waals surface area contributed by atoms with Gasteiger partial charge in [0.05, 0.1) is 23.5 Å². The summed E-state index contributed by atoms with van der Waals surface area (Å²) < 4.78 is 58.5. The predicted octanol–water partition coefficient (Wildman–Crippen LogP) is 4.75. The van der Waals surface area contributed by atoms with Gasteiger partial charge in [-0.1, -0.05) is 12.1 Å². The number of anilines is 1. The lowest BCUT2D eigenvalue weighted by atomic mass is 10.0. The van der Waals surface area contributed by atoms with Crippen molar-refractivity contribution in [2.45, 2.75) is 29.0 Å². The van der Waals surface area contributed by atoms with Crippen LogP contribution in [0.25, 0.3) is 10.1 Å². The molecule has 1 aliphatic heterocycles. The fraction of sp³-hybridized carbons (Fsp3) is 0.471. The molecule has 10 heteroatoms. The number of fused-ring (bicyclic) bond motifs is 1. The van der Waals surface area contributed by atoms with Crippen molar-refractivity contribution < 1.29 is 27.1 Å². The zero-order valence-corrected chi connectivity index (χ0v) is 16.2. The Labute approximate surface area is 161 Å². The first-order valence-corrected chi connectivity index (χ1v) is 9.81. The van der Waals surface area contributed by atoms with Gasteiger partial charge in [-0.25, -0.2) is 9.18 Å². The van der Waals surface area contributed by atoms with E-state index >= 15 is 0 Å². The van der Waals surface area contributed by atoms with Gasteiger partial charge >= 0.3 is 11.5 Å². The quantitative estimate of drug-likeness (QED) is 0.437. The lowest BCUT2D eigenvalue weighted by Gasteiger charge is -2.33. The predicted molar refractivity (Wildman–Crippen MR) is 99.5 cm³/mol. The molecule has 148 valence electrons. The molecule has 0 unspecified atom stereocenters. The van der Waals surface area contributed by atoms with Crippen molar-refractivity contribution in [1.82, 2.24) is 4.90 Å². The molecule has 2 aromatic rings. The minimum absolute atomic E-state index is 0.107. The van der Waals surface area contributed by atoms with Gasteiger partial charge < -0.3 is 15.0 Å². The Balaban J connectivity index is 2.01. The molecule has 2 heterocycles. The minimum atomic E-state index is -4.54. The van der Waals surface area contributed by atoms with Crippen molar-refractivity contribution in [3.8, 4) is 0 Å². The van der Waals surface area contributed by atoms with Crippen LogP contribution in [0.1, 0.15) is 16.1 Å². The topological polar surface area (TPSA) is 41.6 Å². The van der Waals surface area contributed by atoms with E-state index in [2.05, 4.69) is 10.1 Å². The highest BCUT2D eigenvalue weighted by molar-refractivity contribution is 8.00.